The van der Waals surface area contributed by atoms with Crippen LogP contribution in [0.1, 0.15) is 34.1 Å². The van der Waals surface area contributed by atoms with Crippen molar-refractivity contribution in [1.82, 2.24) is 0 Å². The first kappa shape index (κ1) is 26.8. The van der Waals surface area contributed by atoms with Crippen molar-refractivity contribution >= 4 is 23.9 Å². The quantitative estimate of drug-likeness (QED) is 0.253. The van der Waals surface area contributed by atoms with E-state index in [0.29, 0.717) is 0 Å². The Bertz CT molecular complexity index is 670. The van der Waals surface area contributed by atoms with Gasteiger partial charge in [-0.05, 0) is 34.1 Å². The third-order valence-electron chi connectivity index (χ3n) is 3.79. The van der Waals surface area contributed by atoms with Crippen molar-refractivity contribution in [3.05, 3.63) is 48.6 Å². The number of hydrogen-bond acceptors (Lipinski definition) is 8. The Morgan fingerprint density at radius 1 is 0.567 bits per heavy atom. The van der Waals surface area contributed by atoms with Crippen LogP contribution in [-0.2, 0) is 38.1 Å². The highest BCUT2D eigenvalue weighted by atomic mass is 16.6. The van der Waals surface area contributed by atoms with Crippen LogP contribution in [0.5, 0.6) is 0 Å². The third-order valence-corrected chi connectivity index (χ3v) is 3.79. The topological polar surface area (TPSA) is 105 Å². The SMILES string of the molecule is C=C(C)C(=O)OCCC(COC(=O)C(=C)C)(COC(=O)C(=C)C)COC(=O)C(=C)C. The van der Waals surface area contributed by atoms with Crippen LogP contribution < -0.4 is 0 Å². The molecule has 0 heterocycles. The zero-order chi connectivity index (χ0) is 23.5. The zero-order valence-electron chi connectivity index (χ0n) is 18.1. The van der Waals surface area contributed by atoms with Crippen molar-refractivity contribution in [3.63, 3.8) is 0 Å². The standard InChI is InChI=1S/C22H30O8/c1-14(2)18(23)27-10-9-22(11-28-19(24)15(3)4,12-29-20(25)16(5)6)13-30-21(26)17(7)8/h1,3,5,7,9-13H2,2,4,6,8H3. The fourth-order valence-corrected chi connectivity index (χ4v) is 1.85. The number of carbonyl (C=O) groups excluding carboxylic acids is 4. The highest BCUT2D eigenvalue weighted by molar-refractivity contribution is 5.88. The van der Waals surface area contributed by atoms with Crippen LogP contribution >= 0.6 is 0 Å². The Morgan fingerprint density at radius 3 is 1.10 bits per heavy atom. The van der Waals surface area contributed by atoms with Crippen LogP contribution in [0.3, 0.4) is 0 Å². The van der Waals surface area contributed by atoms with E-state index < -0.39 is 29.3 Å². The summed E-state index contributed by atoms with van der Waals surface area (Å²) >= 11 is 0. The van der Waals surface area contributed by atoms with Gasteiger partial charge in [-0.1, -0.05) is 26.3 Å². The summed E-state index contributed by atoms with van der Waals surface area (Å²) in [6.07, 6.45) is 0.0580. The summed E-state index contributed by atoms with van der Waals surface area (Å²) in [5.41, 5.74) is -0.491. The van der Waals surface area contributed by atoms with Gasteiger partial charge in [-0.25, -0.2) is 19.2 Å². The lowest BCUT2D eigenvalue weighted by atomic mass is 9.87. The van der Waals surface area contributed by atoms with Gasteiger partial charge in [-0.3, -0.25) is 0 Å². The van der Waals surface area contributed by atoms with Crippen molar-refractivity contribution < 1.29 is 38.1 Å². The lowest BCUT2D eigenvalue weighted by molar-refractivity contribution is -0.160. The van der Waals surface area contributed by atoms with Gasteiger partial charge in [0.15, 0.2) is 0 Å². The number of esters is 4. The van der Waals surface area contributed by atoms with E-state index in [0.717, 1.165) is 0 Å². The molecule has 30 heavy (non-hydrogen) atoms. The summed E-state index contributed by atoms with van der Waals surface area (Å²) in [7, 11) is 0. The van der Waals surface area contributed by atoms with E-state index in [1.54, 1.807) is 0 Å². The Balaban J connectivity index is 5.62. The van der Waals surface area contributed by atoms with Gasteiger partial charge in [0.2, 0.25) is 0 Å². The fraction of sp³-hybridized carbons (Fsp3) is 0.455. The normalized spacial score (nSPS) is 10.4. The van der Waals surface area contributed by atoms with E-state index in [4.69, 9.17) is 18.9 Å². The Morgan fingerprint density at radius 2 is 0.833 bits per heavy atom. The molecule has 0 unspecified atom stereocenters. The van der Waals surface area contributed by atoms with E-state index in [-0.39, 0.29) is 55.1 Å². The highest BCUT2D eigenvalue weighted by Crippen LogP contribution is 2.26. The molecule has 0 radical (unpaired) electrons. The fourth-order valence-electron chi connectivity index (χ4n) is 1.85. The largest absolute Gasteiger partial charge is 0.462 e. The van der Waals surface area contributed by atoms with Crippen molar-refractivity contribution in [1.29, 1.82) is 0 Å². The molecule has 0 N–H and O–H groups in total. The van der Waals surface area contributed by atoms with Gasteiger partial charge in [0.1, 0.15) is 19.8 Å². The molecule has 0 aliphatic carbocycles. The summed E-state index contributed by atoms with van der Waals surface area (Å²) in [6, 6.07) is 0. The van der Waals surface area contributed by atoms with Gasteiger partial charge in [0.05, 0.1) is 12.0 Å². The van der Waals surface area contributed by atoms with Crippen LogP contribution in [0.2, 0.25) is 0 Å². The molecule has 0 saturated heterocycles. The molecule has 0 aromatic heterocycles. The molecule has 0 rings (SSSR count). The Kier molecular flexibility index (Phi) is 11.1. The van der Waals surface area contributed by atoms with Crippen LogP contribution in [0.25, 0.3) is 0 Å². The molecule has 0 aromatic rings. The van der Waals surface area contributed by atoms with Crippen molar-refractivity contribution in [2.75, 3.05) is 26.4 Å². The van der Waals surface area contributed by atoms with Crippen LogP contribution in [-0.4, -0.2) is 50.3 Å². The first-order valence-corrected chi connectivity index (χ1v) is 9.12. The Hall–Kier alpha value is -3.16. The number of rotatable bonds is 13. The lowest BCUT2D eigenvalue weighted by Gasteiger charge is -2.32. The molecule has 0 atom stereocenters. The first-order chi connectivity index (χ1) is 13.8. The molecule has 0 aliphatic rings. The van der Waals surface area contributed by atoms with Crippen LogP contribution in [0.4, 0.5) is 0 Å². The van der Waals surface area contributed by atoms with E-state index in [1.165, 1.54) is 27.7 Å². The molecule has 166 valence electrons. The van der Waals surface area contributed by atoms with Gasteiger partial charge < -0.3 is 18.9 Å². The summed E-state index contributed by atoms with van der Waals surface area (Å²) in [5.74, 6) is -2.62. The molecule has 8 nitrogen and oxygen atoms in total. The predicted octanol–water partition coefficient (Wildman–Crippen LogP) is 2.84. The van der Waals surface area contributed by atoms with Crippen LogP contribution in [0, 0.1) is 5.41 Å². The zero-order valence-corrected chi connectivity index (χ0v) is 18.1. The highest BCUT2D eigenvalue weighted by Gasteiger charge is 2.36. The number of hydrogen-bond donors (Lipinski definition) is 0. The smallest absolute Gasteiger partial charge is 0.333 e. The summed E-state index contributed by atoms with van der Waals surface area (Å²) in [6.45, 7) is 19.0. The van der Waals surface area contributed by atoms with E-state index >= 15 is 0 Å². The maximum absolute atomic E-state index is 11.9. The van der Waals surface area contributed by atoms with Gasteiger partial charge in [0, 0.05) is 22.3 Å². The van der Waals surface area contributed by atoms with Crippen LogP contribution in [0.15, 0.2) is 48.6 Å². The summed E-state index contributed by atoms with van der Waals surface area (Å²) in [5, 5.41) is 0. The number of carbonyl (C=O) groups is 4. The lowest BCUT2D eigenvalue weighted by Crippen LogP contribution is -2.41. The minimum atomic E-state index is -1.18. The molecule has 0 saturated carbocycles. The predicted molar refractivity (Wildman–Crippen MR) is 110 cm³/mol. The van der Waals surface area contributed by atoms with Gasteiger partial charge >= 0.3 is 23.9 Å². The molecule has 8 heteroatoms. The molecule has 0 spiro atoms. The van der Waals surface area contributed by atoms with Gasteiger partial charge in [-0.15, -0.1) is 0 Å². The van der Waals surface area contributed by atoms with Crippen molar-refractivity contribution in [2.24, 2.45) is 5.41 Å². The molecular weight excluding hydrogens is 392 g/mol. The minimum Gasteiger partial charge on any atom is -0.462 e. The molecule has 0 bridgehead atoms. The minimum absolute atomic E-state index is 0.0580. The number of ether oxygens (including phenoxy) is 4. The van der Waals surface area contributed by atoms with Crippen molar-refractivity contribution in [3.8, 4) is 0 Å². The van der Waals surface area contributed by atoms with Crippen molar-refractivity contribution in [2.45, 2.75) is 34.1 Å². The van der Waals surface area contributed by atoms with Gasteiger partial charge in [-0.2, -0.15) is 0 Å². The third kappa shape index (κ3) is 9.86. The maximum atomic E-state index is 11.9. The summed E-state index contributed by atoms with van der Waals surface area (Å²) in [4.78, 5) is 47.4. The average molecular weight is 422 g/mol. The Labute approximate surface area is 177 Å². The van der Waals surface area contributed by atoms with E-state index in [2.05, 4.69) is 26.3 Å². The summed E-state index contributed by atoms with van der Waals surface area (Å²) < 4.78 is 20.8. The first-order valence-electron chi connectivity index (χ1n) is 9.12. The second kappa shape index (κ2) is 12.4. The second-order valence-electron chi connectivity index (χ2n) is 7.24. The monoisotopic (exact) mass is 422 g/mol. The average Bonchev–Trinajstić information content (AvgIpc) is 2.67. The second-order valence-corrected chi connectivity index (χ2v) is 7.24. The maximum Gasteiger partial charge on any atom is 0.333 e. The molecule has 0 amide bonds. The van der Waals surface area contributed by atoms with E-state index in [9.17, 15) is 19.2 Å². The molecule has 0 fully saturated rings. The van der Waals surface area contributed by atoms with Gasteiger partial charge in [0.25, 0.3) is 0 Å². The van der Waals surface area contributed by atoms with E-state index in [1.807, 2.05) is 0 Å². The molecular formula is C22H30O8. The molecule has 0 aliphatic heterocycles. The molecule has 0 aromatic carbocycles.